The molecule has 4 nitrogen and oxygen atoms in total. The van der Waals surface area contributed by atoms with E-state index in [4.69, 9.17) is 14.2 Å². The average Bonchev–Trinajstić information content (AvgIpc) is 2.90. The highest BCUT2D eigenvalue weighted by atomic mass is 19.1. The highest BCUT2D eigenvalue weighted by molar-refractivity contribution is 5.48. The molecular weight excluding hydrogens is 261 g/mol. The van der Waals surface area contributed by atoms with Gasteiger partial charge in [0, 0.05) is 12.6 Å². The summed E-state index contributed by atoms with van der Waals surface area (Å²) in [5.41, 5.74) is 0.864. The van der Waals surface area contributed by atoms with Crippen LogP contribution in [0.5, 0.6) is 23.0 Å². The predicted octanol–water partition coefficient (Wildman–Crippen LogP) is 3.07. The van der Waals surface area contributed by atoms with E-state index in [0.29, 0.717) is 23.8 Å². The summed E-state index contributed by atoms with van der Waals surface area (Å²) in [5.74, 6) is 1.57. The second-order valence-corrected chi connectivity index (χ2v) is 4.41. The minimum atomic E-state index is -0.393. The second-order valence-electron chi connectivity index (χ2n) is 4.41. The number of ether oxygens (including phenoxy) is 3. The third-order valence-electron chi connectivity index (χ3n) is 2.95. The Kier molecular flexibility index (Phi) is 3.43. The molecule has 0 spiro atoms. The third kappa shape index (κ3) is 2.53. The van der Waals surface area contributed by atoms with Crippen molar-refractivity contribution in [1.82, 2.24) is 5.32 Å². The lowest BCUT2D eigenvalue weighted by molar-refractivity contribution is 0.174. The molecule has 0 amide bonds. The van der Waals surface area contributed by atoms with Crippen molar-refractivity contribution in [2.45, 2.75) is 6.54 Å². The van der Waals surface area contributed by atoms with E-state index in [-0.39, 0.29) is 12.5 Å². The van der Waals surface area contributed by atoms with Crippen LogP contribution in [0.1, 0.15) is 5.56 Å². The average molecular weight is 275 g/mol. The molecule has 20 heavy (non-hydrogen) atoms. The fraction of sp³-hybridized carbons (Fsp3) is 0.200. The summed E-state index contributed by atoms with van der Waals surface area (Å²) in [7, 11) is 1.81. The van der Waals surface area contributed by atoms with E-state index in [1.807, 2.05) is 13.1 Å². The lowest BCUT2D eigenvalue weighted by atomic mass is 10.2. The van der Waals surface area contributed by atoms with Gasteiger partial charge in [-0.05, 0) is 36.9 Å². The predicted molar refractivity (Wildman–Crippen MR) is 71.8 cm³/mol. The SMILES string of the molecule is CNCc1ccc(Oc2ccc3c(c2)OCO3)c(F)c1. The van der Waals surface area contributed by atoms with Crippen LogP contribution in [0, 0.1) is 5.82 Å². The Morgan fingerprint density at radius 2 is 2.00 bits per heavy atom. The van der Waals surface area contributed by atoms with E-state index in [1.165, 1.54) is 6.07 Å². The Hall–Kier alpha value is -2.27. The monoisotopic (exact) mass is 275 g/mol. The summed E-state index contributed by atoms with van der Waals surface area (Å²) in [6, 6.07) is 10.0. The van der Waals surface area contributed by atoms with Gasteiger partial charge in [-0.3, -0.25) is 0 Å². The standard InChI is InChI=1S/C15H14FNO3/c1-17-8-10-2-4-13(12(16)6-10)20-11-3-5-14-15(7-11)19-9-18-14/h2-7,17H,8-9H2,1H3. The Balaban J connectivity index is 1.80. The molecule has 1 aliphatic heterocycles. The fourth-order valence-electron chi connectivity index (χ4n) is 2.01. The summed E-state index contributed by atoms with van der Waals surface area (Å²) >= 11 is 0. The van der Waals surface area contributed by atoms with E-state index in [1.54, 1.807) is 24.3 Å². The zero-order valence-corrected chi connectivity index (χ0v) is 11.0. The van der Waals surface area contributed by atoms with Crippen molar-refractivity contribution in [3.05, 3.63) is 47.8 Å². The van der Waals surface area contributed by atoms with Crippen LogP contribution >= 0.6 is 0 Å². The number of nitrogens with one attached hydrogen (secondary N) is 1. The minimum Gasteiger partial charge on any atom is -0.454 e. The smallest absolute Gasteiger partial charge is 0.231 e. The van der Waals surface area contributed by atoms with Crippen LogP contribution in [0.2, 0.25) is 0 Å². The van der Waals surface area contributed by atoms with Gasteiger partial charge in [-0.1, -0.05) is 6.07 Å². The van der Waals surface area contributed by atoms with Crippen LogP contribution in [0.4, 0.5) is 4.39 Å². The number of rotatable bonds is 4. The first kappa shape index (κ1) is 12.7. The molecule has 1 aliphatic rings. The van der Waals surface area contributed by atoms with Crippen LogP contribution in [-0.4, -0.2) is 13.8 Å². The Bertz CT molecular complexity index is 631. The summed E-state index contributed by atoms with van der Waals surface area (Å²) in [4.78, 5) is 0. The lowest BCUT2D eigenvalue weighted by Gasteiger charge is -2.09. The summed E-state index contributed by atoms with van der Waals surface area (Å²) in [6.45, 7) is 0.813. The molecule has 0 bridgehead atoms. The largest absolute Gasteiger partial charge is 0.454 e. The molecule has 1 N–H and O–H groups in total. The molecule has 0 radical (unpaired) electrons. The molecule has 0 aromatic heterocycles. The Labute approximate surface area is 116 Å². The van der Waals surface area contributed by atoms with Gasteiger partial charge in [0.25, 0.3) is 0 Å². The van der Waals surface area contributed by atoms with Gasteiger partial charge >= 0.3 is 0 Å². The van der Waals surface area contributed by atoms with Crippen molar-refractivity contribution < 1.29 is 18.6 Å². The van der Waals surface area contributed by atoms with Crippen LogP contribution in [0.3, 0.4) is 0 Å². The third-order valence-corrected chi connectivity index (χ3v) is 2.95. The van der Waals surface area contributed by atoms with E-state index < -0.39 is 5.82 Å². The first-order chi connectivity index (χ1) is 9.76. The normalized spacial score (nSPS) is 12.5. The molecule has 2 aromatic carbocycles. The number of hydrogen-bond acceptors (Lipinski definition) is 4. The first-order valence-corrected chi connectivity index (χ1v) is 6.27. The van der Waals surface area contributed by atoms with Crippen molar-refractivity contribution >= 4 is 0 Å². The van der Waals surface area contributed by atoms with Gasteiger partial charge in [-0.15, -0.1) is 0 Å². The van der Waals surface area contributed by atoms with Crippen LogP contribution < -0.4 is 19.5 Å². The number of benzene rings is 2. The summed E-state index contributed by atoms with van der Waals surface area (Å²) in [5, 5.41) is 2.97. The van der Waals surface area contributed by atoms with Crippen molar-refractivity contribution in [3.63, 3.8) is 0 Å². The number of halogens is 1. The van der Waals surface area contributed by atoms with Gasteiger partial charge in [-0.2, -0.15) is 0 Å². The van der Waals surface area contributed by atoms with Gasteiger partial charge in [0.05, 0.1) is 0 Å². The van der Waals surface area contributed by atoms with E-state index in [9.17, 15) is 4.39 Å². The molecule has 104 valence electrons. The number of hydrogen-bond donors (Lipinski definition) is 1. The van der Waals surface area contributed by atoms with Crippen molar-refractivity contribution in [1.29, 1.82) is 0 Å². The van der Waals surface area contributed by atoms with Crippen LogP contribution in [-0.2, 0) is 6.54 Å². The topological polar surface area (TPSA) is 39.7 Å². The van der Waals surface area contributed by atoms with Gasteiger partial charge in [-0.25, -0.2) is 4.39 Å². The first-order valence-electron chi connectivity index (χ1n) is 6.27. The van der Waals surface area contributed by atoms with Crippen LogP contribution in [0.25, 0.3) is 0 Å². The minimum absolute atomic E-state index is 0.184. The molecule has 0 saturated heterocycles. The van der Waals surface area contributed by atoms with Gasteiger partial charge in [0.2, 0.25) is 6.79 Å². The van der Waals surface area contributed by atoms with Gasteiger partial charge < -0.3 is 19.5 Å². The van der Waals surface area contributed by atoms with Crippen molar-refractivity contribution in [2.24, 2.45) is 0 Å². The maximum atomic E-state index is 13.9. The molecule has 0 unspecified atom stereocenters. The molecule has 3 rings (SSSR count). The van der Waals surface area contributed by atoms with E-state index >= 15 is 0 Å². The summed E-state index contributed by atoms with van der Waals surface area (Å²) < 4.78 is 29.9. The molecule has 0 fully saturated rings. The molecule has 2 aromatic rings. The maximum Gasteiger partial charge on any atom is 0.231 e. The Morgan fingerprint density at radius 3 is 2.80 bits per heavy atom. The fourth-order valence-corrected chi connectivity index (χ4v) is 2.01. The van der Waals surface area contributed by atoms with Gasteiger partial charge in [0.15, 0.2) is 23.1 Å². The number of fused-ring (bicyclic) bond motifs is 1. The molecule has 5 heteroatoms. The molecule has 0 saturated carbocycles. The zero-order chi connectivity index (χ0) is 13.9. The van der Waals surface area contributed by atoms with Crippen molar-refractivity contribution in [3.8, 4) is 23.0 Å². The quantitative estimate of drug-likeness (QED) is 0.931. The van der Waals surface area contributed by atoms with Crippen LogP contribution in [0.15, 0.2) is 36.4 Å². The second kappa shape index (κ2) is 5.38. The maximum absolute atomic E-state index is 13.9. The highest BCUT2D eigenvalue weighted by Gasteiger charge is 2.14. The van der Waals surface area contributed by atoms with Gasteiger partial charge in [0.1, 0.15) is 5.75 Å². The highest BCUT2D eigenvalue weighted by Crippen LogP contribution is 2.37. The Morgan fingerprint density at radius 1 is 1.15 bits per heavy atom. The zero-order valence-electron chi connectivity index (χ0n) is 11.0. The van der Waals surface area contributed by atoms with Crippen molar-refractivity contribution in [2.75, 3.05) is 13.8 Å². The van der Waals surface area contributed by atoms with E-state index in [0.717, 1.165) is 5.56 Å². The van der Waals surface area contributed by atoms with E-state index in [2.05, 4.69) is 5.32 Å². The summed E-state index contributed by atoms with van der Waals surface area (Å²) in [6.07, 6.45) is 0. The molecular formula is C15H14FNO3. The molecule has 1 heterocycles. The molecule has 0 atom stereocenters. The molecule has 0 aliphatic carbocycles. The lowest BCUT2D eigenvalue weighted by Crippen LogP contribution is -2.05.